The van der Waals surface area contributed by atoms with E-state index in [1.807, 2.05) is 27.4 Å². The Morgan fingerprint density at radius 3 is 2.68 bits per heavy atom. The summed E-state index contributed by atoms with van der Waals surface area (Å²) >= 11 is 0. The highest BCUT2D eigenvalue weighted by molar-refractivity contribution is 5.84. The number of hydrogen-bond acceptors (Lipinski definition) is 4. The number of pyridine rings is 1. The zero-order valence-electron chi connectivity index (χ0n) is 14.1. The summed E-state index contributed by atoms with van der Waals surface area (Å²) in [6, 6.07) is 6.51. The Morgan fingerprint density at radius 2 is 2.04 bits per heavy atom. The first-order valence-electron chi connectivity index (χ1n) is 8.32. The molecule has 0 radical (unpaired) electrons. The van der Waals surface area contributed by atoms with Crippen molar-refractivity contribution < 1.29 is 4.39 Å². The molecule has 3 rings (SSSR count). The van der Waals surface area contributed by atoms with Gasteiger partial charge in [-0.25, -0.2) is 4.39 Å². The largest absolute Gasteiger partial charge is 0.366 e. The van der Waals surface area contributed by atoms with Gasteiger partial charge in [-0.15, -0.1) is 0 Å². The summed E-state index contributed by atoms with van der Waals surface area (Å²) in [5.74, 6) is -0.0973. The second kappa shape index (κ2) is 6.93. The van der Waals surface area contributed by atoms with E-state index in [0.29, 0.717) is 49.6 Å². The third kappa shape index (κ3) is 3.20. The summed E-state index contributed by atoms with van der Waals surface area (Å²) < 4.78 is 16.5. The normalized spacial score (nSPS) is 14.6. The maximum absolute atomic E-state index is 14.6. The van der Waals surface area contributed by atoms with Crippen LogP contribution < -0.4 is 10.3 Å². The van der Waals surface area contributed by atoms with E-state index in [9.17, 15) is 9.18 Å². The Balaban J connectivity index is 1.90. The standard InChI is InChI=1S/C18H20FN5O/c1-2-22-6-4-17(25)13-11-14(19)16(12-15(13)22)23-7-9-24(10-8-23)18(21)3-5-20/h4,6,11-12,21H,2-3,7-10H2,1H3. The van der Waals surface area contributed by atoms with Crippen LogP contribution in [-0.4, -0.2) is 41.5 Å². The van der Waals surface area contributed by atoms with Gasteiger partial charge in [0.1, 0.15) is 11.7 Å². The Labute approximate surface area is 145 Å². The molecule has 2 aromatic rings. The molecule has 0 amide bonds. The summed E-state index contributed by atoms with van der Waals surface area (Å²) in [4.78, 5) is 15.8. The number of amidine groups is 1. The molecule has 1 saturated heterocycles. The predicted molar refractivity (Wildman–Crippen MR) is 95.6 cm³/mol. The van der Waals surface area contributed by atoms with Gasteiger partial charge >= 0.3 is 0 Å². The van der Waals surface area contributed by atoms with Gasteiger partial charge in [0.2, 0.25) is 0 Å². The maximum Gasteiger partial charge on any atom is 0.189 e. The molecule has 2 heterocycles. The van der Waals surface area contributed by atoms with Crippen LogP contribution in [0.15, 0.2) is 29.2 Å². The van der Waals surface area contributed by atoms with Crippen LogP contribution in [0.3, 0.4) is 0 Å². The molecule has 1 aromatic carbocycles. The Hall–Kier alpha value is -2.88. The molecule has 0 bridgehead atoms. The molecule has 1 N–H and O–H groups in total. The number of aromatic nitrogens is 1. The van der Waals surface area contributed by atoms with Crippen LogP contribution in [0.2, 0.25) is 0 Å². The zero-order chi connectivity index (χ0) is 18.0. The minimum absolute atomic E-state index is 0.0904. The van der Waals surface area contributed by atoms with Gasteiger partial charge in [0.15, 0.2) is 5.43 Å². The van der Waals surface area contributed by atoms with Crippen molar-refractivity contribution in [3.8, 4) is 6.07 Å². The van der Waals surface area contributed by atoms with Crippen LogP contribution in [0.25, 0.3) is 10.9 Å². The van der Waals surface area contributed by atoms with Crippen molar-refractivity contribution >= 4 is 22.4 Å². The SMILES string of the molecule is CCn1ccc(=O)c2cc(F)c(N3CCN(C(=N)CC#N)CC3)cc21. The molecular formula is C18H20FN5O. The Kier molecular flexibility index (Phi) is 4.70. The first-order chi connectivity index (χ1) is 12.0. The molecule has 25 heavy (non-hydrogen) atoms. The number of nitrogens with zero attached hydrogens (tertiary/aromatic N) is 4. The van der Waals surface area contributed by atoms with Gasteiger partial charge in [-0.1, -0.05) is 0 Å². The molecule has 1 aromatic heterocycles. The Bertz CT molecular complexity index is 906. The maximum atomic E-state index is 14.6. The number of nitrogens with one attached hydrogen (secondary N) is 1. The zero-order valence-corrected chi connectivity index (χ0v) is 14.1. The van der Waals surface area contributed by atoms with Gasteiger partial charge in [-0.3, -0.25) is 10.2 Å². The molecule has 0 spiro atoms. The van der Waals surface area contributed by atoms with Crippen molar-refractivity contribution in [2.45, 2.75) is 19.9 Å². The molecule has 130 valence electrons. The summed E-state index contributed by atoms with van der Waals surface area (Å²) in [5.41, 5.74) is 1.03. The number of nitriles is 1. The summed E-state index contributed by atoms with van der Waals surface area (Å²) in [6.45, 7) is 4.97. The van der Waals surface area contributed by atoms with Crippen molar-refractivity contribution in [2.24, 2.45) is 0 Å². The average molecular weight is 341 g/mol. The van der Waals surface area contributed by atoms with Crippen LogP contribution in [0.4, 0.5) is 10.1 Å². The topological polar surface area (TPSA) is 76.1 Å². The number of aryl methyl sites for hydroxylation is 1. The van der Waals surface area contributed by atoms with Crippen molar-refractivity contribution in [1.82, 2.24) is 9.47 Å². The van der Waals surface area contributed by atoms with E-state index in [-0.39, 0.29) is 11.8 Å². The molecule has 7 heteroatoms. The number of rotatable bonds is 3. The van der Waals surface area contributed by atoms with E-state index >= 15 is 0 Å². The lowest BCUT2D eigenvalue weighted by atomic mass is 10.1. The molecular weight excluding hydrogens is 321 g/mol. The number of hydrogen-bond donors (Lipinski definition) is 1. The number of fused-ring (bicyclic) bond motifs is 1. The van der Waals surface area contributed by atoms with Crippen LogP contribution in [-0.2, 0) is 6.54 Å². The number of anilines is 1. The van der Waals surface area contributed by atoms with Crippen LogP contribution in [0.1, 0.15) is 13.3 Å². The molecule has 1 aliphatic heterocycles. The number of halogens is 1. The van der Waals surface area contributed by atoms with Gasteiger partial charge in [0, 0.05) is 50.4 Å². The van der Waals surface area contributed by atoms with E-state index in [2.05, 4.69) is 0 Å². The van der Waals surface area contributed by atoms with E-state index < -0.39 is 5.82 Å². The first kappa shape index (κ1) is 17.0. The van der Waals surface area contributed by atoms with Crippen LogP contribution in [0.5, 0.6) is 0 Å². The van der Waals surface area contributed by atoms with E-state index in [1.54, 1.807) is 12.3 Å². The van der Waals surface area contributed by atoms with Crippen molar-refractivity contribution in [1.29, 1.82) is 10.7 Å². The van der Waals surface area contributed by atoms with Crippen LogP contribution >= 0.6 is 0 Å². The Morgan fingerprint density at radius 1 is 1.32 bits per heavy atom. The monoisotopic (exact) mass is 341 g/mol. The number of benzene rings is 1. The second-order valence-corrected chi connectivity index (χ2v) is 6.04. The van der Waals surface area contributed by atoms with Gasteiger partial charge in [-0.2, -0.15) is 5.26 Å². The molecule has 0 unspecified atom stereocenters. The smallest absolute Gasteiger partial charge is 0.189 e. The third-order valence-electron chi connectivity index (χ3n) is 4.64. The first-order valence-corrected chi connectivity index (χ1v) is 8.32. The van der Waals surface area contributed by atoms with E-state index in [1.165, 1.54) is 12.1 Å². The fourth-order valence-corrected chi connectivity index (χ4v) is 3.24. The lowest BCUT2D eigenvalue weighted by molar-refractivity contribution is 0.377. The number of piperazine rings is 1. The highest BCUT2D eigenvalue weighted by Crippen LogP contribution is 2.26. The molecule has 6 nitrogen and oxygen atoms in total. The molecule has 1 aliphatic rings. The van der Waals surface area contributed by atoms with Gasteiger partial charge in [-0.05, 0) is 19.1 Å². The minimum atomic E-state index is -0.404. The quantitative estimate of drug-likeness (QED) is 0.686. The average Bonchev–Trinajstić information content (AvgIpc) is 2.62. The van der Waals surface area contributed by atoms with Crippen LogP contribution in [0, 0.1) is 22.6 Å². The summed E-state index contributed by atoms with van der Waals surface area (Å²) in [6.07, 6.45) is 1.82. The highest BCUT2D eigenvalue weighted by atomic mass is 19.1. The van der Waals surface area contributed by atoms with Gasteiger partial charge in [0.25, 0.3) is 0 Å². The second-order valence-electron chi connectivity index (χ2n) is 6.04. The third-order valence-corrected chi connectivity index (χ3v) is 4.64. The molecule has 0 saturated carbocycles. The fourth-order valence-electron chi connectivity index (χ4n) is 3.24. The van der Waals surface area contributed by atoms with Crippen molar-refractivity contribution in [3.63, 3.8) is 0 Å². The summed E-state index contributed by atoms with van der Waals surface area (Å²) in [5, 5.41) is 16.9. The summed E-state index contributed by atoms with van der Waals surface area (Å²) in [7, 11) is 0. The highest BCUT2D eigenvalue weighted by Gasteiger charge is 2.22. The van der Waals surface area contributed by atoms with E-state index in [4.69, 9.17) is 10.7 Å². The molecule has 1 fully saturated rings. The lowest BCUT2D eigenvalue weighted by Gasteiger charge is -2.37. The lowest BCUT2D eigenvalue weighted by Crippen LogP contribution is -2.48. The fraction of sp³-hybridized carbons (Fsp3) is 0.389. The van der Waals surface area contributed by atoms with Crippen molar-refractivity contribution in [2.75, 3.05) is 31.1 Å². The predicted octanol–water partition coefficient (Wildman–Crippen LogP) is 2.17. The van der Waals surface area contributed by atoms with Crippen molar-refractivity contribution in [3.05, 3.63) is 40.4 Å². The van der Waals surface area contributed by atoms with Gasteiger partial charge in [0.05, 0.1) is 23.7 Å². The van der Waals surface area contributed by atoms with Gasteiger partial charge < -0.3 is 14.4 Å². The molecule has 0 aliphatic carbocycles. The van der Waals surface area contributed by atoms with E-state index in [0.717, 1.165) is 5.52 Å². The molecule has 0 atom stereocenters. The minimum Gasteiger partial charge on any atom is -0.366 e.